The number of ketones is 2. The second-order valence-corrected chi connectivity index (χ2v) is 12.9. The Hall–Kier alpha value is -1.52. The first kappa shape index (κ1) is 25.6. The van der Waals surface area contributed by atoms with Crippen LogP contribution in [-0.2, 0) is 9.59 Å². The lowest BCUT2D eigenvalue weighted by Crippen LogP contribution is -2.53. The normalized spacial score (nSPS) is 39.4. The maximum Gasteiger partial charge on any atom is 0.138 e. The topological polar surface area (TPSA) is 74.6 Å². The van der Waals surface area contributed by atoms with Crippen molar-refractivity contribution in [3.63, 3.8) is 0 Å². The monoisotopic (exact) mass is 468 g/mol. The van der Waals surface area contributed by atoms with Gasteiger partial charge in [0.1, 0.15) is 11.6 Å². The Balaban J connectivity index is 1.66. The molecule has 4 aliphatic carbocycles. The van der Waals surface area contributed by atoms with E-state index >= 15 is 0 Å². The highest BCUT2D eigenvalue weighted by Gasteiger charge is 2.65. The molecule has 0 amide bonds. The first-order valence-electron chi connectivity index (χ1n) is 13.2. The van der Waals surface area contributed by atoms with Gasteiger partial charge in [0.2, 0.25) is 0 Å². The van der Waals surface area contributed by atoms with Gasteiger partial charge in [-0.2, -0.15) is 0 Å². The Labute approximate surface area is 205 Å². The lowest BCUT2D eigenvalue weighted by atomic mass is 9.44. The third-order valence-electron chi connectivity index (χ3n) is 10.9. The van der Waals surface area contributed by atoms with E-state index in [-0.39, 0.29) is 46.7 Å². The quantitative estimate of drug-likeness (QED) is 0.499. The van der Waals surface area contributed by atoms with Crippen LogP contribution in [0.25, 0.3) is 0 Å². The number of aliphatic hydroxyl groups is 2. The van der Waals surface area contributed by atoms with Gasteiger partial charge in [-0.1, -0.05) is 59.8 Å². The molecule has 0 unspecified atom stereocenters. The lowest BCUT2D eigenvalue weighted by molar-refractivity contribution is -0.138. The zero-order valence-corrected chi connectivity index (χ0v) is 22.0. The van der Waals surface area contributed by atoms with Gasteiger partial charge in [0.05, 0.1) is 13.2 Å². The van der Waals surface area contributed by atoms with E-state index in [9.17, 15) is 19.8 Å². The molecule has 4 rings (SSSR count). The zero-order chi connectivity index (χ0) is 25.1. The number of fused-ring (bicyclic) bond motifs is 5. The third kappa shape index (κ3) is 3.46. The van der Waals surface area contributed by atoms with Crippen LogP contribution in [0.3, 0.4) is 0 Å². The molecule has 0 aromatic rings. The van der Waals surface area contributed by atoms with Crippen molar-refractivity contribution in [3.8, 4) is 0 Å². The van der Waals surface area contributed by atoms with Crippen molar-refractivity contribution < 1.29 is 19.8 Å². The SMILES string of the molecule is C[C@H](CCC=C(CO)CO)[C@H]1C(=O)C[C@@]2(C)C3=CC[C@H]4C(C)(C)C(=O)CC[C@]4(C)C3=CC[C@]12C. The average molecular weight is 469 g/mol. The molecule has 0 aromatic heterocycles. The van der Waals surface area contributed by atoms with Crippen molar-refractivity contribution in [1.82, 2.24) is 0 Å². The summed E-state index contributed by atoms with van der Waals surface area (Å²) in [6.45, 7) is 13.3. The number of hydrogen-bond donors (Lipinski definition) is 2. The highest BCUT2D eigenvalue weighted by molar-refractivity contribution is 5.88. The molecule has 4 aliphatic rings. The van der Waals surface area contributed by atoms with Gasteiger partial charge in [0, 0.05) is 29.6 Å². The van der Waals surface area contributed by atoms with Crippen LogP contribution < -0.4 is 0 Å². The van der Waals surface area contributed by atoms with Crippen LogP contribution in [-0.4, -0.2) is 35.0 Å². The molecule has 6 atom stereocenters. The highest BCUT2D eigenvalue weighted by atomic mass is 16.3. The minimum Gasteiger partial charge on any atom is -0.392 e. The molecule has 34 heavy (non-hydrogen) atoms. The van der Waals surface area contributed by atoms with Crippen molar-refractivity contribution in [3.05, 3.63) is 34.9 Å². The van der Waals surface area contributed by atoms with Gasteiger partial charge in [-0.25, -0.2) is 0 Å². The molecule has 0 radical (unpaired) electrons. The van der Waals surface area contributed by atoms with Crippen LogP contribution in [0.5, 0.6) is 0 Å². The predicted molar refractivity (Wildman–Crippen MR) is 135 cm³/mol. The second kappa shape index (κ2) is 8.55. The summed E-state index contributed by atoms with van der Waals surface area (Å²) in [5.74, 6) is 1.33. The fraction of sp³-hybridized carbons (Fsp3) is 0.733. The van der Waals surface area contributed by atoms with Crippen molar-refractivity contribution in [2.24, 2.45) is 39.4 Å². The van der Waals surface area contributed by atoms with Gasteiger partial charge in [-0.05, 0) is 71.5 Å². The van der Waals surface area contributed by atoms with Crippen LogP contribution in [0, 0.1) is 39.4 Å². The van der Waals surface area contributed by atoms with Crippen molar-refractivity contribution >= 4 is 11.6 Å². The standard InChI is InChI=1S/C30H44O4/c1-19(8-7-9-20(17-31)18-32)26-23(33)16-30(6)22-10-11-24-27(2,3)25(34)13-14-28(24,4)21(22)12-15-29(26,30)5/h9-10,12,19,24,26,31-32H,7-8,11,13-18H2,1-6H3/t19-,24+,26+,28-,29-,30+/m1/s1. The summed E-state index contributed by atoms with van der Waals surface area (Å²) in [4.78, 5) is 26.4. The van der Waals surface area contributed by atoms with E-state index in [0.717, 1.165) is 32.1 Å². The number of hydrogen-bond acceptors (Lipinski definition) is 4. The summed E-state index contributed by atoms with van der Waals surface area (Å²) in [7, 11) is 0. The van der Waals surface area contributed by atoms with Crippen LogP contribution in [0.4, 0.5) is 0 Å². The smallest absolute Gasteiger partial charge is 0.138 e. The van der Waals surface area contributed by atoms with Crippen LogP contribution in [0.1, 0.15) is 86.5 Å². The third-order valence-corrected chi connectivity index (χ3v) is 10.9. The molecule has 2 saturated carbocycles. The first-order valence-corrected chi connectivity index (χ1v) is 13.2. The summed E-state index contributed by atoms with van der Waals surface area (Å²) >= 11 is 0. The van der Waals surface area contributed by atoms with Crippen LogP contribution in [0.2, 0.25) is 0 Å². The van der Waals surface area contributed by atoms with E-state index < -0.39 is 0 Å². The molecule has 0 bridgehead atoms. The van der Waals surface area contributed by atoms with Gasteiger partial charge in [0.25, 0.3) is 0 Å². The molecule has 2 fully saturated rings. The molecular weight excluding hydrogens is 424 g/mol. The average Bonchev–Trinajstić information content (AvgIpc) is 2.99. The van der Waals surface area contributed by atoms with Gasteiger partial charge in [-0.3, -0.25) is 9.59 Å². The Morgan fingerprint density at radius 2 is 1.76 bits per heavy atom. The molecule has 4 nitrogen and oxygen atoms in total. The molecule has 188 valence electrons. The molecule has 0 heterocycles. The molecule has 4 heteroatoms. The predicted octanol–water partition coefficient (Wildman–Crippen LogP) is 5.59. The van der Waals surface area contributed by atoms with Gasteiger partial charge >= 0.3 is 0 Å². The molecule has 2 N–H and O–H groups in total. The van der Waals surface area contributed by atoms with Crippen molar-refractivity contribution in [2.45, 2.75) is 86.5 Å². The number of aliphatic hydroxyl groups excluding tert-OH is 2. The molecule has 0 aliphatic heterocycles. The molecular formula is C30H44O4. The van der Waals surface area contributed by atoms with E-state index in [1.165, 1.54) is 11.1 Å². The van der Waals surface area contributed by atoms with E-state index in [2.05, 4.69) is 53.7 Å². The van der Waals surface area contributed by atoms with Crippen molar-refractivity contribution in [2.75, 3.05) is 13.2 Å². The summed E-state index contributed by atoms with van der Waals surface area (Å²) < 4.78 is 0. The number of Topliss-reactive ketones (excluding diaryl/α,β-unsaturated/α-hetero) is 2. The van der Waals surface area contributed by atoms with Gasteiger partial charge < -0.3 is 10.2 Å². The minimum absolute atomic E-state index is 0.00559. The Morgan fingerprint density at radius 3 is 2.41 bits per heavy atom. The number of carbonyl (C=O) groups is 2. The van der Waals surface area contributed by atoms with Gasteiger partial charge in [-0.15, -0.1) is 0 Å². The van der Waals surface area contributed by atoms with E-state index in [4.69, 9.17) is 0 Å². The van der Waals surface area contributed by atoms with Gasteiger partial charge in [0.15, 0.2) is 0 Å². The Morgan fingerprint density at radius 1 is 1.09 bits per heavy atom. The summed E-state index contributed by atoms with van der Waals surface area (Å²) in [6.07, 6.45) is 12.4. The molecule has 0 spiro atoms. The summed E-state index contributed by atoms with van der Waals surface area (Å²) in [5, 5.41) is 18.6. The van der Waals surface area contributed by atoms with Crippen LogP contribution >= 0.6 is 0 Å². The summed E-state index contributed by atoms with van der Waals surface area (Å²) in [5.41, 5.74) is 2.84. The number of rotatable bonds is 6. The summed E-state index contributed by atoms with van der Waals surface area (Å²) in [6, 6.07) is 0. The second-order valence-electron chi connectivity index (χ2n) is 12.9. The number of carbonyl (C=O) groups excluding carboxylic acids is 2. The van der Waals surface area contributed by atoms with Crippen molar-refractivity contribution in [1.29, 1.82) is 0 Å². The first-order chi connectivity index (χ1) is 15.9. The van der Waals surface area contributed by atoms with E-state index in [1.54, 1.807) is 0 Å². The fourth-order valence-corrected chi connectivity index (χ4v) is 8.53. The Kier molecular flexibility index (Phi) is 6.43. The maximum absolute atomic E-state index is 13.6. The largest absolute Gasteiger partial charge is 0.392 e. The molecule has 0 saturated heterocycles. The zero-order valence-electron chi connectivity index (χ0n) is 22.0. The maximum atomic E-state index is 13.6. The molecule has 0 aromatic carbocycles. The minimum atomic E-state index is -0.310. The van der Waals surface area contributed by atoms with E-state index in [1.807, 2.05) is 6.08 Å². The lowest BCUT2D eigenvalue weighted by Gasteiger charge is -2.59. The number of allylic oxidation sites excluding steroid dienone is 5. The van der Waals surface area contributed by atoms with Crippen LogP contribution in [0.15, 0.2) is 34.9 Å². The van der Waals surface area contributed by atoms with E-state index in [0.29, 0.717) is 35.9 Å². The Bertz CT molecular complexity index is 962. The fourth-order valence-electron chi connectivity index (χ4n) is 8.53. The highest BCUT2D eigenvalue weighted by Crippen LogP contribution is 2.70.